The summed E-state index contributed by atoms with van der Waals surface area (Å²) >= 11 is -1.19. The number of hydrogen-bond acceptors (Lipinski definition) is 4. The van der Waals surface area contributed by atoms with E-state index in [1.807, 2.05) is 0 Å². The third-order valence-corrected chi connectivity index (χ3v) is 6.72. The Labute approximate surface area is 99.6 Å². The summed E-state index contributed by atoms with van der Waals surface area (Å²) in [7, 11) is 0. The van der Waals surface area contributed by atoms with Crippen LogP contribution in [0, 0.1) is 0 Å². The van der Waals surface area contributed by atoms with Gasteiger partial charge < -0.3 is 0 Å². The van der Waals surface area contributed by atoms with Gasteiger partial charge in [0.05, 0.1) is 0 Å². The number of ether oxygens (including phenoxy) is 1. The van der Waals surface area contributed by atoms with Gasteiger partial charge in [-0.1, -0.05) is 0 Å². The van der Waals surface area contributed by atoms with Crippen LogP contribution in [0.3, 0.4) is 0 Å². The molecule has 0 aliphatic heterocycles. The van der Waals surface area contributed by atoms with Crippen LogP contribution in [-0.4, -0.2) is 38.9 Å². The molecule has 84 valence electrons. The van der Waals surface area contributed by atoms with E-state index in [0.29, 0.717) is 15.7 Å². The molecule has 0 saturated carbocycles. The Bertz CT molecular complexity index is 341. The van der Waals surface area contributed by atoms with E-state index in [9.17, 15) is 4.79 Å². The maximum atomic E-state index is 11.3. The molecule has 0 unspecified atom stereocenters. The predicted molar refractivity (Wildman–Crippen MR) is 60.4 cm³/mol. The summed E-state index contributed by atoms with van der Waals surface area (Å²) in [4.78, 5) is 11.3. The Kier molecular flexibility index (Phi) is 4.19. The molecule has 0 aliphatic rings. The fourth-order valence-corrected chi connectivity index (χ4v) is 5.42. The van der Waals surface area contributed by atoms with Crippen LogP contribution in [0.15, 0.2) is 10.6 Å². The molecule has 4 nitrogen and oxygen atoms in total. The van der Waals surface area contributed by atoms with Gasteiger partial charge in [-0.05, 0) is 0 Å². The zero-order chi connectivity index (χ0) is 11.5. The monoisotopic (exact) mass is 319 g/mol. The van der Waals surface area contributed by atoms with Gasteiger partial charge in [-0.3, -0.25) is 0 Å². The molecule has 1 aromatic rings. The zero-order valence-corrected chi connectivity index (χ0v) is 13.7. The minimum absolute atomic E-state index is 0.299. The molecule has 5 heteroatoms. The molecular weight excluding hydrogens is 301 g/mol. The fraction of sp³-hybridized carbons (Fsp3) is 0.600. The first-order chi connectivity index (χ1) is 6.92. The molecule has 15 heavy (non-hydrogen) atoms. The third kappa shape index (κ3) is 4.23. The Hall–Kier alpha value is -0.521. The van der Waals surface area contributed by atoms with E-state index < -0.39 is 27.1 Å². The summed E-state index contributed by atoms with van der Waals surface area (Å²) in [5, 5.41) is 3.72. The van der Waals surface area contributed by atoms with Crippen LogP contribution >= 0.6 is 0 Å². The van der Waals surface area contributed by atoms with Crippen molar-refractivity contribution in [2.24, 2.45) is 0 Å². The van der Waals surface area contributed by atoms with E-state index in [1.54, 1.807) is 13.0 Å². The molecule has 1 aromatic heterocycles. The summed E-state index contributed by atoms with van der Waals surface area (Å²) in [5.41, 5.74) is 0.299. The van der Waals surface area contributed by atoms with Gasteiger partial charge in [0.25, 0.3) is 0 Å². The van der Waals surface area contributed by atoms with E-state index >= 15 is 0 Å². The molecule has 0 spiro atoms. The van der Waals surface area contributed by atoms with Crippen LogP contribution in [0.4, 0.5) is 0 Å². The average Bonchev–Trinajstić information content (AvgIpc) is 2.50. The minimum atomic E-state index is -1.19. The van der Waals surface area contributed by atoms with Gasteiger partial charge in [0.1, 0.15) is 0 Å². The molecular formula is C10H17NO3Sn. The van der Waals surface area contributed by atoms with Crippen LogP contribution in [0.5, 0.6) is 0 Å². The number of hydrogen-bond donors (Lipinski definition) is 0. The molecule has 0 radical (unpaired) electrons. The van der Waals surface area contributed by atoms with Gasteiger partial charge in [0.15, 0.2) is 0 Å². The first-order valence-corrected chi connectivity index (χ1v) is 9.09. The summed E-state index contributed by atoms with van der Waals surface area (Å²) < 4.78 is 11.2. The number of nitrogens with zero attached hydrogens (tertiary/aromatic N) is 1. The second-order valence-corrected chi connectivity index (χ2v) is 13.7. The van der Waals surface area contributed by atoms with Crippen molar-refractivity contribution in [2.45, 2.75) is 31.1 Å². The quantitative estimate of drug-likeness (QED) is 0.613. The van der Waals surface area contributed by atoms with Crippen LogP contribution in [0.25, 0.3) is 0 Å². The number of carbonyl (C=O) groups is 1. The summed E-state index contributed by atoms with van der Waals surface area (Å²) in [6, 6.07) is 1.74. The molecule has 0 bridgehead atoms. The van der Waals surface area contributed by atoms with Crippen molar-refractivity contribution < 1.29 is 14.1 Å². The molecule has 0 aromatic carbocycles. The van der Waals surface area contributed by atoms with Crippen LogP contribution in [0.2, 0.25) is 3.43 Å². The second-order valence-electron chi connectivity index (χ2n) is 4.64. The van der Waals surface area contributed by atoms with Gasteiger partial charge in [0.2, 0.25) is 0 Å². The first-order valence-electron chi connectivity index (χ1n) is 5.05. The van der Waals surface area contributed by atoms with E-state index in [2.05, 4.69) is 25.9 Å². The maximum absolute atomic E-state index is 11.3. The van der Waals surface area contributed by atoms with Gasteiger partial charge in [-0.15, -0.1) is 0 Å². The van der Waals surface area contributed by atoms with E-state index in [4.69, 9.17) is 9.26 Å². The van der Waals surface area contributed by atoms with E-state index in [1.165, 1.54) is 0 Å². The third-order valence-electron chi connectivity index (χ3n) is 1.75. The van der Waals surface area contributed by atoms with Crippen molar-refractivity contribution in [1.82, 2.24) is 5.16 Å². The van der Waals surface area contributed by atoms with Crippen molar-refractivity contribution >= 4 is 30.9 Å². The molecule has 1 heterocycles. The Balaban J connectivity index is 2.68. The van der Waals surface area contributed by atoms with Crippen molar-refractivity contribution in [1.29, 1.82) is 0 Å². The van der Waals surface area contributed by atoms with Crippen LogP contribution in [0.1, 0.15) is 38.2 Å². The van der Waals surface area contributed by atoms with Crippen molar-refractivity contribution in [3.05, 3.63) is 11.8 Å². The van der Waals surface area contributed by atoms with Gasteiger partial charge >= 0.3 is 99.6 Å². The number of carbonyl (C=O) groups excluding carboxylic acids is 1. The van der Waals surface area contributed by atoms with Crippen molar-refractivity contribution in [2.75, 3.05) is 6.61 Å². The molecule has 0 aliphatic carbocycles. The second kappa shape index (κ2) is 5.00. The summed E-state index contributed by atoms with van der Waals surface area (Å²) in [5.74, 6) is -0.396. The Morgan fingerprint density at radius 3 is 2.80 bits per heavy atom. The molecule has 0 amide bonds. The SMILES string of the molecule is CCOC(=O)c1c[c]([SnH2][C](C)(C)C)on1. The standard InChI is InChI=1S/C6H6NO3.C4H9.Sn.2H/c1-2-9-6(8)5-3-4-10-7-5;1-4(2)3;;;/h3H,2H2,1H3;1-3H3;;;. The molecule has 1 rings (SSSR count). The van der Waals surface area contributed by atoms with E-state index in [-0.39, 0.29) is 0 Å². The first kappa shape index (κ1) is 12.5. The molecule has 0 saturated heterocycles. The number of aromatic nitrogens is 1. The Morgan fingerprint density at radius 1 is 1.60 bits per heavy atom. The number of rotatable bonds is 3. The fourth-order valence-electron chi connectivity index (χ4n) is 1.22. The number of esters is 1. The summed E-state index contributed by atoms with van der Waals surface area (Å²) in [6.07, 6.45) is 0. The van der Waals surface area contributed by atoms with Gasteiger partial charge in [-0.2, -0.15) is 0 Å². The Morgan fingerprint density at radius 2 is 2.27 bits per heavy atom. The molecule has 0 fully saturated rings. The zero-order valence-electron chi connectivity index (χ0n) is 9.66. The van der Waals surface area contributed by atoms with Crippen molar-refractivity contribution in [3.8, 4) is 0 Å². The summed E-state index contributed by atoms with van der Waals surface area (Å²) in [6.45, 7) is 8.71. The topological polar surface area (TPSA) is 52.3 Å². The molecule has 0 atom stereocenters. The van der Waals surface area contributed by atoms with Gasteiger partial charge in [0, 0.05) is 0 Å². The van der Waals surface area contributed by atoms with Crippen molar-refractivity contribution in [3.63, 3.8) is 0 Å². The predicted octanol–water partition coefficient (Wildman–Crippen LogP) is 0.864. The van der Waals surface area contributed by atoms with E-state index in [0.717, 1.165) is 3.78 Å². The van der Waals surface area contributed by atoms with Crippen LogP contribution in [-0.2, 0) is 4.74 Å². The normalized spacial score (nSPS) is 12.3. The average molecular weight is 318 g/mol. The van der Waals surface area contributed by atoms with Crippen LogP contribution < -0.4 is 3.78 Å². The van der Waals surface area contributed by atoms with Gasteiger partial charge in [-0.25, -0.2) is 0 Å². The molecule has 0 N–H and O–H groups in total.